The smallest absolute Gasteiger partial charge is 0.141 e. The van der Waals surface area contributed by atoms with Gasteiger partial charge in [0.1, 0.15) is 11.2 Å². The Hall–Kier alpha value is -3.76. The first kappa shape index (κ1) is 22.4. The van der Waals surface area contributed by atoms with Gasteiger partial charge in [-0.1, -0.05) is 119 Å². The first-order valence-electron chi connectivity index (χ1n) is 12.3. The lowest BCUT2D eigenvalue weighted by molar-refractivity contribution is 0.0748. The summed E-state index contributed by atoms with van der Waals surface area (Å²) in [5.41, 5.74) is 1.30. The van der Waals surface area contributed by atoms with E-state index in [1.165, 1.54) is 0 Å². The van der Waals surface area contributed by atoms with E-state index in [2.05, 4.69) is 52.3 Å². The van der Waals surface area contributed by atoms with Crippen LogP contribution in [-0.4, -0.2) is 10.2 Å². The zero-order valence-electron chi connectivity index (χ0n) is 19.9. The van der Waals surface area contributed by atoms with E-state index in [9.17, 15) is 10.2 Å². The third kappa shape index (κ3) is 3.18. The van der Waals surface area contributed by atoms with Gasteiger partial charge in [0.2, 0.25) is 0 Å². The van der Waals surface area contributed by atoms with Crippen molar-refractivity contribution in [3.63, 3.8) is 0 Å². The van der Waals surface area contributed by atoms with Crippen molar-refractivity contribution in [2.75, 3.05) is 0 Å². The molecular weight excluding hydrogens is 520 g/mol. The number of fused-ring (bicyclic) bond motifs is 4. The van der Waals surface area contributed by atoms with E-state index < -0.39 is 11.2 Å². The van der Waals surface area contributed by atoms with Gasteiger partial charge in [0.15, 0.2) is 0 Å². The van der Waals surface area contributed by atoms with Crippen LogP contribution in [0.2, 0.25) is 0 Å². The fourth-order valence-corrected chi connectivity index (χ4v) is 6.35. The predicted octanol–water partition coefficient (Wildman–Crippen LogP) is 7.64. The lowest BCUT2D eigenvalue weighted by Crippen LogP contribution is -2.44. The molecule has 2 unspecified atom stereocenters. The highest BCUT2D eigenvalue weighted by Crippen LogP contribution is 2.54. The van der Waals surface area contributed by atoms with Crippen molar-refractivity contribution in [1.29, 1.82) is 0 Å². The predicted molar refractivity (Wildman–Crippen MR) is 153 cm³/mol. The van der Waals surface area contributed by atoms with E-state index in [1.807, 2.05) is 91.0 Å². The second-order valence-corrected chi connectivity index (χ2v) is 10.7. The molecule has 0 saturated carbocycles. The SMILES string of the molecule is OC1(c2ccc3ccccc3c2)c2ccccc2C(O)(c2ccc3ccccc3c2)c2cc(Br)ccc21. The Bertz CT molecular complexity index is 1840. The molecule has 0 aliphatic heterocycles. The minimum atomic E-state index is -1.46. The minimum absolute atomic E-state index is 0.659. The van der Waals surface area contributed by atoms with Crippen molar-refractivity contribution >= 4 is 37.5 Å². The van der Waals surface area contributed by atoms with Gasteiger partial charge in [0.25, 0.3) is 0 Å². The third-order valence-electron chi connectivity index (χ3n) is 7.80. The number of hydrogen-bond donors (Lipinski definition) is 2. The Kier molecular flexibility index (Phi) is 4.93. The maximum Gasteiger partial charge on any atom is 0.141 e. The summed E-state index contributed by atoms with van der Waals surface area (Å²) in [7, 11) is 0. The lowest BCUT2D eigenvalue weighted by atomic mass is 9.63. The van der Waals surface area contributed by atoms with Crippen LogP contribution in [0.4, 0.5) is 0 Å². The Labute approximate surface area is 223 Å². The normalized spacial score (nSPS) is 20.5. The summed E-state index contributed by atoms with van der Waals surface area (Å²) in [6.07, 6.45) is 0. The van der Waals surface area contributed by atoms with Crippen LogP contribution < -0.4 is 0 Å². The van der Waals surface area contributed by atoms with Gasteiger partial charge < -0.3 is 10.2 Å². The van der Waals surface area contributed by atoms with Crippen LogP contribution in [0.1, 0.15) is 33.4 Å². The van der Waals surface area contributed by atoms with Crippen molar-refractivity contribution in [1.82, 2.24) is 0 Å². The highest BCUT2D eigenvalue weighted by atomic mass is 79.9. The van der Waals surface area contributed by atoms with Crippen molar-refractivity contribution < 1.29 is 10.2 Å². The van der Waals surface area contributed by atoms with Gasteiger partial charge >= 0.3 is 0 Å². The van der Waals surface area contributed by atoms with Crippen LogP contribution in [0.5, 0.6) is 0 Å². The molecule has 6 aromatic carbocycles. The fourth-order valence-electron chi connectivity index (χ4n) is 5.99. The number of halogens is 1. The van der Waals surface area contributed by atoms with Gasteiger partial charge in [0, 0.05) is 10.0 Å². The summed E-state index contributed by atoms with van der Waals surface area (Å²) in [6.45, 7) is 0. The van der Waals surface area contributed by atoms with E-state index >= 15 is 0 Å². The van der Waals surface area contributed by atoms with E-state index in [0.717, 1.165) is 37.1 Å². The molecule has 37 heavy (non-hydrogen) atoms. The summed E-state index contributed by atoms with van der Waals surface area (Å²) in [4.78, 5) is 0. The van der Waals surface area contributed by atoms with Crippen LogP contribution in [0, 0.1) is 0 Å². The van der Waals surface area contributed by atoms with Gasteiger partial charge in [-0.3, -0.25) is 0 Å². The fraction of sp³-hybridized carbons (Fsp3) is 0.0588. The Balaban J connectivity index is 1.56. The second-order valence-electron chi connectivity index (χ2n) is 9.78. The van der Waals surface area contributed by atoms with Crippen LogP contribution in [0.3, 0.4) is 0 Å². The third-order valence-corrected chi connectivity index (χ3v) is 8.30. The highest BCUT2D eigenvalue weighted by Gasteiger charge is 2.51. The Morgan fingerprint density at radius 3 is 1.38 bits per heavy atom. The molecule has 0 heterocycles. The van der Waals surface area contributed by atoms with Crippen LogP contribution in [0.15, 0.2) is 132 Å². The monoisotopic (exact) mass is 542 g/mol. The van der Waals surface area contributed by atoms with E-state index in [-0.39, 0.29) is 0 Å². The number of rotatable bonds is 2. The lowest BCUT2D eigenvalue weighted by Gasteiger charge is -2.45. The van der Waals surface area contributed by atoms with E-state index in [1.54, 1.807) is 0 Å². The molecule has 0 fully saturated rings. The van der Waals surface area contributed by atoms with Gasteiger partial charge in [-0.25, -0.2) is 0 Å². The first-order valence-corrected chi connectivity index (χ1v) is 13.1. The number of hydrogen-bond acceptors (Lipinski definition) is 2. The van der Waals surface area contributed by atoms with Crippen LogP contribution >= 0.6 is 15.9 Å². The molecule has 0 radical (unpaired) electrons. The molecule has 7 rings (SSSR count). The largest absolute Gasteiger partial charge is 0.376 e. The van der Waals surface area contributed by atoms with Crippen molar-refractivity contribution in [3.8, 4) is 0 Å². The Morgan fingerprint density at radius 2 is 0.838 bits per heavy atom. The minimum Gasteiger partial charge on any atom is -0.376 e. The quantitative estimate of drug-likeness (QED) is 0.236. The molecule has 1 aliphatic carbocycles. The van der Waals surface area contributed by atoms with Crippen molar-refractivity contribution in [2.45, 2.75) is 11.2 Å². The maximum atomic E-state index is 12.7. The molecule has 2 atom stereocenters. The molecule has 2 nitrogen and oxygen atoms in total. The molecular formula is C34H23BrO2. The zero-order valence-corrected chi connectivity index (χ0v) is 21.5. The zero-order chi connectivity index (χ0) is 25.2. The van der Waals surface area contributed by atoms with Crippen LogP contribution in [0.25, 0.3) is 21.5 Å². The average molecular weight is 543 g/mol. The molecule has 6 aromatic rings. The summed E-state index contributed by atoms with van der Waals surface area (Å²) in [5, 5.41) is 29.8. The van der Waals surface area contributed by atoms with Gasteiger partial charge in [0.05, 0.1) is 0 Å². The highest BCUT2D eigenvalue weighted by molar-refractivity contribution is 9.10. The summed E-state index contributed by atoms with van der Waals surface area (Å²) < 4.78 is 0.839. The molecule has 2 N–H and O–H groups in total. The molecule has 1 aliphatic rings. The average Bonchev–Trinajstić information content (AvgIpc) is 2.95. The molecule has 0 amide bonds. The summed E-state index contributed by atoms with van der Waals surface area (Å²) in [6, 6.07) is 42.0. The number of benzene rings is 6. The standard InChI is InChI=1S/C34H23BrO2/c35-28-17-18-31-32(21-28)34(37,27-16-14-23-8-2-4-10-25(23)20-27)30-12-6-5-11-29(30)33(31,36)26-15-13-22-7-1-3-9-24(22)19-26/h1-21,36-37H. The van der Waals surface area contributed by atoms with Gasteiger partial charge in [-0.05, 0) is 73.6 Å². The van der Waals surface area contributed by atoms with E-state index in [0.29, 0.717) is 22.3 Å². The second kappa shape index (κ2) is 8.12. The molecule has 3 heteroatoms. The van der Waals surface area contributed by atoms with E-state index in [4.69, 9.17) is 0 Å². The van der Waals surface area contributed by atoms with Crippen molar-refractivity contribution in [3.05, 3.63) is 165 Å². The first-order chi connectivity index (χ1) is 18.0. The van der Waals surface area contributed by atoms with Crippen molar-refractivity contribution in [2.24, 2.45) is 0 Å². The maximum absolute atomic E-state index is 12.7. The van der Waals surface area contributed by atoms with Crippen LogP contribution in [-0.2, 0) is 11.2 Å². The summed E-state index contributed by atoms with van der Waals surface area (Å²) >= 11 is 3.63. The van der Waals surface area contributed by atoms with Gasteiger partial charge in [-0.2, -0.15) is 0 Å². The molecule has 0 bridgehead atoms. The molecule has 0 saturated heterocycles. The molecule has 0 spiro atoms. The summed E-state index contributed by atoms with van der Waals surface area (Å²) in [5.74, 6) is 0. The van der Waals surface area contributed by atoms with Gasteiger partial charge in [-0.15, -0.1) is 0 Å². The molecule has 178 valence electrons. The Morgan fingerprint density at radius 1 is 0.405 bits per heavy atom. The topological polar surface area (TPSA) is 40.5 Å². The molecule has 0 aromatic heterocycles. The number of aliphatic hydroxyl groups is 2.